The van der Waals surface area contributed by atoms with E-state index in [1.807, 2.05) is 0 Å². The van der Waals surface area contributed by atoms with Gasteiger partial charge in [-0.3, -0.25) is 0 Å². The molecule has 0 spiro atoms. The third-order valence-electron chi connectivity index (χ3n) is 1.78. The quantitative estimate of drug-likeness (QED) is 0.916. The molecule has 15 heavy (non-hydrogen) atoms. The first-order valence-corrected chi connectivity index (χ1v) is 5.07. The van der Waals surface area contributed by atoms with Crippen LogP contribution in [0.15, 0.2) is 22.7 Å². The summed E-state index contributed by atoms with van der Waals surface area (Å²) in [4.78, 5) is 10.6. The van der Waals surface area contributed by atoms with E-state index in [9.17, 15) is 4.79 Å². The molecule has 1 aromatic carbocycles. The molecule has 0 fully saturated rings. The van der Waals surface area contributed by atoms with Crippen molar-refractivity contribution in [3.63, 3.8) is 0 Å². The summed E-state index contributed by atoms with van der Waals surface area (Å²) in [7, 11) is 1.53. The Morgan fingerprint density at radius 3 is 2.73 bits per heavy atom. The number of aliphatic carboxylic acids is 1. The van der Waals surface area contributed by atoms with Crippen molar-refractivity contribution < 1.29 is 19.4 Å². The second kappa shape index (κ2) is 5.02. The van der Waals surface area contributed by atoms with E-state index in [1.54, 1.807) is 18.2 Å². The average Bonchev–Trinajstić information content (AvgIpc) is 2.20. The van der Waals surface area contributed by atoms with Gasteiger partial charge in [0.05, 0.1) is 11.6 Å². The van der Waals surface area contributed by atoms with Crippen molar-refractivity contribution in [3.8, 4) is 11.5 Å². The van der Waals surface area contributed by atoms with Gasteiger partial charge in [0.25, 0.3) is 0 Å². The Kier molecular flexibility index (Phi) is 3.96. The molecule has 0 bridgehead atoms. The van der Waals surface area contributed by atoms with Crippen LogP contribution in [0.3, 0.4) is 0 Å². The van der Waals surface area contributed by atoms with Gasteiger partial charge in [-0.15, -0.1) is 0 Å². The molecule has 1 atom stereocenters. The van der Waals surface area contributed by atoms with Crippen LogP contribution in [-0.2, 0) is 4.79 Å². The summed E-state index contributed by atoms with van der Waals surface area (Å²) in [5, 5.41) is 8.66. The summed E-state index contributed by atoms with van der Waals surface area (Å²) in [6.45, 7) is 1.47. The molecule has 0 amide bonds. The van der Waals surface area contributed by atoms with Gasteiger partial charge in [-0.25, -0.2) is 4.79 Å². The lowest BCUT2D eigenvalue weighted by molar-refractivity contribution is -0.144. The minimum Gasteiger partial charge on any atom is -0.495 e. The maximum Gasteiger partial charge on any atom is 0.344 e. The summed E-state index contributed by atoms with van der Waals surface area (Å²) < 4.78 is 11.0. The molecule has 0 saturated heterocycles. The molecule has 4 nitrogen and oxygen atoms in total. The highest BCUT2D eigenvalue weighted by Crippen LogP contribution is 2.29. The average molecular weight is 275 g/mol. The van der Waals surface area contributed by atoms with Gasteiger partial charge in [-0.05, 0) is 35.0 Å². The van der Waals surface area contributed by atoms with Gasteiger partial charge in [0.15, 0.2) is 6.10 Å². The first-order valence-electron chi connectivity index (χ1n) is 4.27. The van der Waals surface area contributed by atoms with Crippen LogP contribution in [0, 0.1) is 0 Å². The van der Waals surface area contributed by atoms with Crippen LogP contribution in [0.2, 0.25) is 0 Å². The molecule has 0 radical (unpaired) electrons. The van der Waals surface area contributed by atoms with Crippen LogP contribution in [-0.4, -0.2) is 24.3 Å². The molecule has 0 aliphatic heterocycles. The van der Waals surface area contributed by atoms with Crippen LogP contribution >= 0.6 is 15.9 Å². The largest absolute Gasteiger partial charge is 0.495 e. The first kappa shape index (κ1) is 11.8. The van der Waals surface area contributed by atoms with Crippen LogP contribution in [0.4, 0.5) is 0 Å². The Bertz CT molecular complexity index is 364. The Morgan fingerprint density at radius 2 is 2.20 bits per heavy atom. The smallest absolute Gasteiger partial charge is 0.344 e. The summed E-state index contributed by atoms with van der Waals surface area (Å²) in [5.41, 5.74) is 0. The third kappa shape index (κ3) is 3.13. The van der Waals surface area contributed by atoms with Gasteiger partial charge in [-0.2, -0.15) is 0 Å². The van der Waals surface area contributed by atoms with E-state index >= 15 is 0 Å². The molecule has 1 unspecified atom stereocenters. The number of hydrogen-bond donors (Lipinski definition) is 1. The SMILES string of the molecule is COc1cc(OC(C)C(=O)O)ccc1Br. The number of carboxylic acids is 1. The number of ether oxygens (including phenoxy) is 2. The number of halogens is 1. The molecule has 0 aliphatic rings. The van der Waals surface area contributed by atoms with Crippen LogP contribution < -0.4 is 9.47 Å². The Morgan fingerprint density at radius 1 is 1.53 bits per heavy atom. The van der Waals surface area contributed by atoms with Crippen LogP contribution in [0.5, 0.6) is 11.5 Å². The van der Waals surface area contributed by atoms with E-state index < -0.39 is 12.1 Å². The van der Waals surface area contributed by atoms with Crippen molar-refractivity contribution in [2.75, 3.05) is 7.11 Å². The van der Waals surface area contributed by atoms with E-state index in [-0.39, 0.29) is 0 Å². The van der Waals surface area contributed by atoms with Gasteiger partial charge in [-0.1, -0.05) is 0 Å². The van der Waals surface area contributed by atoms with E-state index in [2.05, 4.69) is 15.9 Å². The zero-order chi connectivity index (χ0) is 11.4. The monoisotopic (exact) mass is 274 g/mol. The maximum absolute atomic E-state index is 10.6. The minimum absolute atomic E-state index is 0.463. The van der Waals surface area contributed by atoms with Crippen molar-refractivity contribution in [1.29, 1.82) is 0 Å². The maximum atomic E-state index is 10.6. The molecule has 0 heterocycles. The molecule has 82 valence electrons. The zero-order valence-corrected chi connectivity index (χ0v) is 9.95. The highest BCUT2D eigenvalue weighted by atomic mass is 79.9. The lowest BCUT2D eigenvalue weighted by Crippen LogP contribution is -2.22. The molecular formula is C10H11BrO4. The Hall–Kier alpha value is -1.23. The molecule has 1 N–H and O–H groups in total. The van der Waals surface area contributed by atoms with Gasteiger partial charge in [0, 0.05) is 6.07 Å². The fraction of sp³-hybridized carbons (Fsp3) is 0.300. The van der Waals surface area contributed by atoms with Gasteiger partial charge >= 0.3 is 5.97 Å². The number of rotatable bonds is 4. The standard InChI is InChI=1S/C10H11BrO4/c1-6(10(12)13)15-7-3-4-8(11)9(5-7)14-2/h3-6H,1-2H3,(H,12,13). The van der Waals surface area contributed by atoms with Crippen molar-refractivity contribution >= 4 is 21.9 Å². The zero-order valence-electron chi connectivity index (χ0n) is 8.36. The number of hydrogen-bond acceptors (Lipinski definition) is 3. The predicted octanol–water partition coefficient (Wildman–Crippen LogP) is 2.31. The normalized spacial score (nSPS) is 11.9. The van der Waals surface area contributed by atoms with E-state index in [0.717, 1.165) is 4.47 Å². The first-order chi connectivity index (χ1) is 7.04. The molecule has 1 rings (SSSR count). The number of carboxylic acid groups (broad SMARTS) is 1. The second-order valence-corrected chi connectivity index (χ2v) is 3.75. The molecule has 5 heteroatoms. The van der Waals surface area contributed by atoms with Gasteiger partial charge in [0.1, 0.15) is 11.5 Å². The fourth-order valence-electron chi connectivity index (χ4n) is 0.968. The van der Waals surface area contributed by atoms with Crippen molar-refractivity contribution in [2.45, 2.75) is 13.0 Å². The molecule has 0 aromatic heterocycles. The lowest BCUT2D eigenvalue weighted by atomic mass is 10.3. The van der Waals surface area contributed by atoms with E-state index in [1.165, 1.54) is 14.0 Å². The summed E-state index contributed by atoms with van der Waals surface area (Å²) in [6, 6.07) is 5.04. The highest BCUT2D eigenvalue weighted by molar-refractivity contribution is 9.10. The molecule has 0 saturated carbocycles. The van der Waals surface area contributed by atoms with Crippen molar-refractivity contribution in [2.24, 2.45) is 0 Å². The van der Waals surface area contributed by atoms with Crippen molar-refractivity contribution in [3.05, 3.63) is 22.7 Å². The van der Waals surface area contributed by atoms with E-state index in [4.69, 9.17) is 14.6 Å². The second-order valence-electron chi connectivity index (χ2n) is 2.89. The summed E-state index contributed by atoms with van der Waals surface area (Å²) >= 11 is 3.29. The Labute approximate surface area is 95.9 Å². The molecule has 0 aliphatic carbocycles. The van der Waals surface area contributed by atoms with Crippen molar-refractivity contribution in [1.82, 2.24) is 0 Å². The fourth-order valence-corrected chi connectivity index (χ4v) is 1.38. The number of methoxy groups -OCH3 is 1. The topological polar surface area (TPSA) is 55.8 Å². The van der Waals surface area contributed by atoms with Gasteiger partial charge < -0.3 is 14.6 Å². The molecular weight excluding hydrogens is 264 g/mol. The van der Waals surface area contributed by atoms with Gasteiger partial charge in [0.2, 0.25) is 0 Å². The third-order valence-corrected chi connectivity index (χ3v) is 2.44. The number of carbonyl (C=O) groups is 1. The summed E-state index contributed by atoms with van der Waals surface area (Å²) in [5.74, 6) is 0.0620. The Balaban J connectivity index is 2.83. The van der Waals surface area contributed by atoms with Crippen LogP contribution in [0.25, 0.3) is 0 Å². The minimum atomic E-state index is -1.00. The lowest BCUT2D eigenvalue weighted by Gasteiger charge is -2.11. The molecule has 1 aromatic rings. The number of benzene rings is 1. The predicted molar refractivity (Wildman–Crippen MR) is 58.4 cm³/mol. The summed E-state index contributed by atoms with van der Waals surface area (Å²) in [6.07, 6.45) is -0.879. The van der Waals surface area contributed by atoms with E-state index in [0.29, 0.717) is 11.5 Å². The highest BCUT2D eigenvalue weighted by Gasteiger charge is 2.13. The van der Waals surface area contributed by atoms with Crippen LogP contribution in [0.1, 0.15) is 6.92 Å².